The number of carbonyl (C=O) groups excluding carboxylic acids is 1. The number of hydrogen-bond donors (Lipinski definition) is 2. The fourth-order valence-electron chi connectivity index (χ4n) is 1.90. The molecule has 16 heavy (non-hydrogen) atoms. The fourth-order valence-corrected chi connectivity index (χ4v) is 1.90. The molecule has 1 heterocycles. The molecular formula is C11H18N4O. The van der Waals surface area contributed by atoms with Crippen molar-refractivity contribution in [2.24, 2.45) is 18.9 Å². The van der Waals surface area contributed by atoms with Gasteiger partial charge in [-0.1, -0.05) is 6.92 Å². The van der Waals surface area contributed by atoms with Crippen LogP contribution in [0.1, 0.15) is 30.3 Å². The summed E-state index contributed by atoms with van der Waals surface area (Å²) in [4.78, 5) is 11.8. The lowest BCUT2D eigenvalue weighted by atomic mass is 10.1. The zero-order valence-electron chi connectivity index (χ0n) is 9.73. The van der Waals surface area contributed by atoms with E-state index in [0.717, 1.165) is 5.92 Å². The Labute approximate surface area is 95.0 Å². The molecular weight excluding hydrogens is 204 g/mol. The van der Waals surface area contributed by atoms with Crippen molar-refractivity contribution >= 4 is 11.6 Å². The first-order chi connectivity index (χ1) is 7.59. The van der Waals surface area contributed by atoms with E-state index < -0.39 is 0 Å². The topological polar surface area (TPSA) is 72.9 Å². The minimum absolute atomic E-state index is 0.134. The Balaban J connectivity index is 1.92. The molecule has 5 heteroatoms. The number of nitrogens with zero attached hydrogens (tertiary/aromatic N) is 2. The number of rotatable bonds is 4. The lowest BCUT2D eigenvalue weighted by Crippen LogP contribution is -2.31. The van der Waals surface area contributed by atoms with Crippen LogP contribution in [-0.4, -0.2) is 22.2 Å². The van der Waals surface area contributed by atoms with E-state index in [1.165, 1.54) is 23.7 Å². The molecule has 1 fully saturated rings. The van der Waals surface area contributed by atoms with Crippen LogP contribution in [-0.2, 0) is 7.05 Å². The first kappa shape index (κ1) is 11.0. The number of amides is 1. The Hall–Kier alpha value is -1.52. The summed E-state index contributed by atoms with van der Waals surface area (Å²) < 4.78 is 1.51. The Morgan fingerprint density at radius 1 is 1.75 bits per heavy atom. The van der Waals surface area contributed by atoms with Crippen LogP contribution < -0.4 is 11.1 Å². The molecule has 1 aliphatic rings. The van der Waals surface area contributed by atoms with E-state index in [2.05, 4.69) is 17.3 Å². The van der Waals surface area contributed by atoms with Crippen LogP contribution in [0.4, 0.5) is 5.69 Å². The van der Waals surface area contributed by atoms with E-state index in [-0.39, 0.29) is 5.91 Å². The summed E-state index contributed by atoms with van der Waals surface area (Å²) in [6, 6.07) is 0. The first-order valence-corrected chi connectivity index (χ1v) is 5.65. The van der Waals surface area contributed by atoms with E-state index in [0.29, 0.717) is 23.8 Å². The van der Waals surface area contributed by atoms with Gasteiger partial charge >= 0.3 is 0 Å². The van der Waals surface area contributed by atoms with Gasteiger partial charge < -0.3 is 11.1 Å². The second-order valence-electron chi connectivity index (χ2n) is 4.60. The predicted molar refractivity (Wildman–Crippen MR) is 61.8 cm³/mol. The molecule has 1 aliphatic carbocycles. The van der Waals surface area contributed by atoms with Crippen molar-refractivity contribution < 1.29 is 4.79 Å². The van der Waals surface area contributed by atoms with Crippen molar-refractivity contribution in [2.75, 3.05) is 12.3 Å². The van der Waals surface area contributed by atoms with Crippen molar-refractivity contribution in [2.45, 2.75) is 19.8 Å². The summed E-state index contributed by atoms with van der Waals surface area (Å²) in [5.41, 5.74) is 6.55. The van der Waals surface area contributed by atoms with Gasteiger partial charge in [0.25, 0.3) is 5.91 Å². The highest BCUT2D eigenvalue weighted by molar-refractivity contribution is 5.97. The summed E-state index contributed by atoms with van der Waals surface area (Å²) in [5.74, 6) is 1.22. The van der Waals surface area contributed by atoms with Crippen LogP contribution in [0.2, 0.25) is 0 Å². The number of hydrogen-bond acceptors (Lipinski definition) is 3. The van der Waals surface area contributed by atoms with Gasteiger partial charge in [0.1, 0.15) is 5.69 Å². The van der Waals surface area contributed by atoms with Gasteiger partial charge in [0, 0.05) is 13.6 Å². The first-order valence-electron chi connectivity index (χ1n) is 5.65. The van der Waals surface area contributed by atoms with Gasteiger partial charge in [-0.3, -0.25) is 9.48 Å². The number of nitrogens with two attached hydrogens (primary N) is 1. The van der Waals surface area contributed by atoms with Gasteiger partial charge in [-0.2, -0.15) is 5.10 Å². The van der Waals surface area contributed by atoms with Crippen molar-refractivity contribution in [3.8, 4) is 0 Å². The molecule has 5 nitrogen and oxygen atoms in total. The molecule has 0 spiro atoms. The molecule has 1 aromatic rings. The molecule has 0 aromatic carbocycles. The minimum atomic E-state index is -0.134. The smallest absolute Gasteiger partial charge is 0.271 e. The van der Waals surface area contributed by atoms with Gasteiger partial charge in [0.15, 0.2) is 0 Å². The second kappa shape index (κ2) is 4.15. The van der Waals surface area contributed by atoms with Crippen LogP contribution >= 0.6 is 0 Å². The standard InChI is InChI=1S/C11H18N4O/c1-7(8-3-4-8)5-13-11(16)10-9(12)6-14-15(10)2/h6-8H,3-5,12H2,1-2H3,(H,13,16). The molecule has 3 N–H and O–H groups in total. The molecule has 1 aromatic heterocycles. The molecule has 1 atom stereocenters. The largest absolute Gasteiger partial charge is 0.396 e. The van der Waals surface area contributed by atoms with Crippen LogP contribution in [0.15, 0.2) is 6.20 Å². The van der Waals surface area contributed by atoms with Crippen molar-refractivity contribution in [3.63, 3.8) is 0 Å². The van der Waals surface area contributed by atoms with Crippen molar-refractivity contribution in [1.82, 2.24) is 15.1 Å². The Morgan fingerprint density at radius 2 is 2.44 bits per heavy atom. The molecule has 88 valence electrons. The number of nitrogen functional groups attached to an aromatic ring is 1. The summed E-state index contributed by atoms with van der Waals surface area (Å²) in [5, 5.41) is 6.85. The van der Waals surface area contributed by atoms with E-state index >= 15 is 0 Å². The molecule has 1 unspecified atom stereocenters. The highest BCUT2D eigenvalue weighted by Crippen LogP contribution is 2.36. The fraction of sp³-hybridized carbons (Fsp3) is 0.636. The molecule has 1 saturated carbocycles. The van der Waals surface area contributed by atoms with E-state index in [4.69, 9.17) is 5.73 Å². The van der Waals surface area contributed by atoms with Crippen molar-refractivity contribution in [1.29, 1.82) is 0 Å². The maximum Gasteiger partial charge on any atom is 0.271 e. The van der Waals surface area contributed by atoms with E-state index in [9.17, 15) is 4.79 Å². The maximum absolute atomic E-state index is 11.8. The normalized spacial score (nSPS) is 17.1. The van der Waals surface area contributed by atoms with Crippen LogP contribution in [0, 0.1) is 11.8 Å². The van der Waals surface area contributed by atoms with Gasteiger partial charge in [-0.15, -0.1) is 0 Å². The number of anilines is 1. The van der Waals surface area contributed by atoms with Gasteiger partial charge in [-0.05, 0) is 24.7 Å². The SMILES string of the molecule is CC(CNC(=O)c1c(N)cnn1C)C1CC1. The second-order valence-corrected chi connectivity index (χ2v) is 4.60. The minimum Gasteiger partial charge on any atom is -0.396 e. The third kappa shape index (κ3) is 2.18. The zero-order chi connectivity index (χ0) is 11.7. The van der Waals surface area contributed by atoms with Gasteiger partial charge in [0.2, 0.25) is 0 Å². The lowest BCUT2D eigenvalue weighted by molar-refractivity contribution is 0.0938. The summed E-state index contributed by atoms with van der Waals surface area (Å²) in [7, 11) is 1.72. The quantitative estimate of drug-likeness (QED) is 0.790. The van der Waals surface area contributed by atoms with Crippen LogP contribution in [0.5, 0.6) is 0 Å². The summed E-state index contributed by atoms with van der Waals surface area (Å²) >= 11 is 0. The maximum atomic E-state index is 11.8. The van der Waals surface area contributed by atoms with Crippen molar-refractivity contribution in [3.05, 3.63) is 11.9 Å². The number of aromatic nitrogens is 2. The van der Waals surface area contributed by atoms with E-state index in [1.54, 1.807) is 7.05 Å². The van der Waals surface area contributed by atoms with E-state index in [1.807, 2.05) is 0 Å². The predicted octanol–water partition coefficient (Wildman–Crippen LogP) is 0.778. The number of carbonyl (C=O) groups is 1. The molecule has 0 aliphatic heterocycles. The molecule has 0 radical (unpaired) electrons. The third-order valence-corrected chi connectivity index (χ3v) is 3.19. The van der Waals surface area contributed by atoms with Crippen LogP contribution in [0.3, 0.4) is 0 Å². The lowest BCUT2D eigenvalue weighted by Gasteiger charge is -2.11. The highest BCUT2D eigenvalue weighted by Gasteiger charge is 2.28. The van der Waals surface area contributed by atoms with Crippen LogP contribution in [0.25, 0.3) is 0 Å². The summed E-state index contributed by atoms with van der Waals surface area (Å²) in [6.45, 7) is 2.89. The summed E-state index contributed by atoms with van der Waals surface area (Å²) in [6.07, 6.45) is 4.09. The number of nitrogens with one attached hydrogen (secondary N) is 1. The Bertz CT molecular complexity index is 375. The molecule has 0 bridgehead atoms. The Kier molecular flexibility index (Phi) is 2.85. The van der Waals surface area contributed by atoms with Gasteiger partial charge in [-0.25, -0.2) is 0 Å². The monoisotopic (exact) mass is 222 g/mol. The van der Waals surface area contributed by atoms with Gasteiger partial charge in [0.05, 0.1) is 11.9 Å². The molecule has 0 saturated heterocycles. The third-order valence-electron chi connectivity index (χ3n) is 3.19. The molecule has 2 rings (SSSR count). The number of aryl methyl sites for hydroxylation is 1. The Morgan fingerprint density at radius 3 is 2.94 bits per heavy atom. The highest BCUT2D eigenvalue weighted by atomic mass is 16.2. The average Bonchev–Trinajstić information content (AvgIpc) is 3.02. The average molecular weight is 222 g/mol. The zero-order valence-corrected chi connectivity index (χ0v) is 9.73. The molecule has 1 amide bonds.